The van der Waals surface area contributed by atoms with Crippen LogP contribution in [0.4, 0.5) is 0 Å². The number of nitrogens with zero attached hydrogens (tertiary/aromatic N) is 1. The van der Waals surface area contributed by atoms with Gasteiger partial charge in [-0.2, -0.15) is 0 Å². The Labute approximate surface area is 130 Å². The van der Waals surface area contributed by atoms with Gasteiger partial charge in [-0.15, -0.1) is 0 Å². The summed E-state index contributed by atoms with van der Waals surface area (Å²) >= 11 is 0. The number of morpholine rings is 1. The fourth-order valence-electron chi connectivity index (χ4n) is 2.29. The number of amides is 2. The molecule has 0 unspecified atom stereocenters. The van der Waals surface area contributed by atoms with Crippen LogP contribution in [0.25, 0.3) is 0 Å². The monoisotopic (exact) mass is 305 g/mol. The zero-order valence-electron chi connectivity index (χ0n) is 12.9. The zero-order chi connectivity index (χ0) is 15.8. The summed E-state index contributed by atoms with van der Waals surface area (Å²) in [4.78, 5) is 25.9. The van der Waals surface area contributed by atoms with Crippen molar-refractivity contribution in [3.63, 3.8) is 0 Å². The van der Waals surface area contributed by atoms with Crippen molar-refractivity contribution in [2.75, 3.05) is 45.9 Å². The van der Waals surface area contributed by atoms with Gasteiger partial charge in [0.2, 0.25) is 0 Å². The van der Waals surface area contributed by atoms with Crippen LogP contribution in [0.5, 0.6) is 0 Å². The summed E-state index contributed by atoms with van der Waals surface area (Å²) in [5, 5.41) is 5.62. The predicted molar refractivity (Wildman–Crippen MR) is 84.0 cm³/mol. The number of hydrogen-bond donors (Lipinski definition) is 2. The average Bonchev–Trinajstić information content (AvgIpc) is 2.56. The highest BCUT2D eigenvalue weighted by Gasteiger charge is 2.11. The Bertz CT molecular complexity index is 496. The highest BCUT2D eigenvalue weighted by atomic mass is 16.5. The fourth-order valence-corrected chi connectivity index (χ4v) is 2.29. The van der Waals surface area contributed by atoms with Crippen LogP contribution in [-0.4, -0.2) is 62.7 Å². The number of nitrogens with one attached hydrogen (secondary N) is 2. The Hall–Kier alpha value is -1.92. The summed E-state index contributed by atoms with van der Waals surface area (Å²) in [6.45, 7) is 7.23. The molecule has 120 valence electrons. The van der Waals surface area contributed by atoms with E-state index < -0.39 is 0 Å². The van der Waals surface area contributed by atoms with Crippen molar-refractivity contribution in [3.8, 4) is 0 Å². The highest BCUT2D eigenvalue weighted by Crippen LogP contribution is 2.04. The van der Waals surface area contributed by atoms with E-state index in [1.807, 2.05) is 6.92 Å². The van der Waals surface area contributed by atoms with Gasteiger partial charge in [0.15, 0.2) is 0 Å². The molecule has 0 saturated carbocycles. The third kappa shape index (κ3) is 4.82. The predicted octanol–water partition coefficient (Wildman–Crippen LogP) is 0.498. The van der Waals surface area contributed by atoms with Gasteiger partial charge in [-0.05, 0) is 31.2 Å². The van der Waals surface area contributed by atoms with Crippen LogP contribution in [0.2, 0.25) is 0 Å². The van der Waals surface area contributed by atoms with Gasteiger partial charge in [-0.3, -0.25) is 14.5 Å². The molecule has 6 nitrogen and oxygen atoms in total. The minimum atomic E-state index is -0.123. The largest absolute Gasteiger partial charge is 0.379 e. The second kappa shape index (κ2) is 8.51. The zero-order valence-corrected chi connectivity index (χ0v) is 12.9. The fraction of sp³-hybridized carbons (Fsp3) is 0.500. The minimum Gasteiger partial charge on any atom is -0.379 e. The maximum Gasteiger partial charge on any atom is 0.251 e. The molecule has 6 heteroatoms. The maximum atomic E-state index is 12.0. The van der Waals surface area contributed by atoms with E-state index in [-0.39, 0.29) is 11.8 Å². The van der Waals surface area contributed by atoms with Gasteiger partial charge in [0.25, 0.3) is 11.8 Å². The topological polar surface area (TPSA) is 70.7 Å². The molecule has 1 aliphatic rings. The minimum absolute atomic E-state index is 0.115. The summed E-state index contributed by atoms with van der Waals surface area (Å²) in [6.07, 6.45) is 0. The summed E-state index contributed by atoms with van der Waals surface area (Å²) < 4.78 is 5.28. The Morgan fingerprint density at radius 3 is 2.14 bits per heavy atom. The van der Waals surface area contributed by atoms with Gasteiger partial charge in [0.05, 0.1) is 13.2 Å². The third-order valence-electron chi connectivity index (χ3n) is 3.56. The molecule has 2 amide bonds. The molecule has 0 radical (unpaired) electrons. The van der Waals surface area contributed by atoms with Crippen molar-refractivity contribution >= 4 is 11.8 Å². The summed E-state index contributed by atoms with van der Waals surface area (Å²) in [5.41, 5.74) is 1.13. The van der Waals surface area contributed by atoms with Crippen LogP contribution in [0.15, 0.2) is 24.3 Å². The van der Waals surface area contributed by atoms with Crippen molar-refractivity contribution < 1.29 is 14.3 Å². The van der Waals surface area contributed by atoms with Crippen molar-refractivity contribution in [3.05, 3.63) is 35.4 Å². The molecule has 1 saturated heterocycles. The molecule has 22 heavy (non-hydrogen) atoms. The number of ether oxygens (including phenoxy) is 1. The standard InChI is InChI=1S/C16H23N3O3/c1-2-17-15(20)13-3-5-14(6-4-13)16(21)18-7-8-19-9-11-22-12-10-19/h3-6H,2,7-12H2,1H3,(H,17,20)(H,18,21). The first-order valence-corrected chi connectivity index (χ1v) is 7.67. The average molecular weight is 305 g/mol. The van der Waals surface area contributed by atoms with Crippen molar-refractivity contribution in [2.24, 2.45) is 0 Å². The first-order valence-electron chi connectivity index (χ1n) is 7.67. The van der Waals surface area contributed by atoms with E-state index in [4.69, 9.17) is 4.74 Å². The molecule has 1 aromatic carbocycles. The van der Waals surface area contributed by atoms with Crippen molar-refractivity contribution in [1.82, 2.24) is 15.5 Å². The Morgan fingerprint density at radius 1 is 1.05 bits per heavy atom. The lowest BCUT2D eigenvalue weighted by atomic mass is 10.1. The normalized spacial score (nSPS) is 15.3. The lowest BCUT2D eigenvalue weighted by molar-refractivity contribution is 0.0383. The second-order valence-corrected chi connectivity index (χ2v) is 5.15. The van der Waals surface area contributed by atoms with Gasteiger partial charge in [-0.1, -0.05) is 0 Å². The maximum absolute atomic E-state index is 12.0. The first kappa shape index (κ1) is 16.5. The van der Waals surface area contributed by atoms with Crippen LogP contribution >= 0.6 is 0 Å². The van der Waals surface area contributed by atoms with Gasteiger partial charge >= 0.3 is 0 Å². The van der Waals surface area contributed by atoms with E-state index in [2.05, 4.69) is 15.5 Å². The molecule has 0 aromatic heterocycles. The molecule has 0 bridgehead atoms. The highest BCUT2D eigenvalue weighted by molar-refractivity contribution is 5.97. The quantitative estimate of drug-likeness (QED) is 0.803. The first-order chi connectivity index (χ1) is 10.7. The van der Waals surface area contributed by atoms with Gasteiger partial charge in [0.1, 0.15) is 0 Å². The van der Waals surface area contributed by atoms with Crippen LogP contribution in [0, 0.1) is 0 Å². The van der Waals surface area contributed by atoms with Gasteiger partial charge in [-0.25, -0.2) is 0 Å². The van der Waals surface area contributed by atoms with E-state index in [1.54, 1.807) is 24.3 Å². The summed E-state index contributed by atoms with van der Waals surface area (Å²) in [7, 11) is 0. The number of rotatable bonds is 6. The molecule has 0 aliphatic carbocycles. The van der Waals surface area contributed by atoms with Gasteiger partial charge < -0.3 is 15.4 Å². The number of hydrogen-bond acceptors (Lipinski definition) is 4. The molecule has 1 aliphatic heterocycles. The second-order valence-electron chi connectivity index (χ2n) is 5.15. The molecular weight excluding hydrogens is 282 g/mol. The molecule has 0 spiro atoms. The molecule has 1 fully saturated rings. The number of carbonyl (C=O) groups is 2. The van der Waals surface area contributed by atoms with Crippen LogP contribution < -0.4 is 10.6 Å². The molecule has 1 aromatic rings. The number of carbonyl (C=O) groups excluding carboxylic acids is 2. The third-order valence-corrected chi connectivity index (χ3v) is 3.56. The van der Waals surface area contributed by atoms with E-state index in [9.17, 15) is 9.59 Å². The summed E-state index contributed by atoms with van der Waals surface area (Å²) in [6, 6.07) is 6.69. The smallest absolute Gasteiger partial charge is 0.251 e. The molecular formula is C16H23N3O3. The van der Waals surface area contributed by atoms with E-state index in [0.717, 1.165) is 32.8 Å². The van der Waals surface area contributed by atoms with Crippen LogP contribution in [0.3, 0.4) is 0 Å². The molecule has 1 heterocycles. The van der Waals surface area contributed by atoms with Crippen molar-refractivity contribution in [2.45, 2.75) is 6.92 Å². The van der Waals surface area contributed by atoms with Crippen LogP contribution in [0.1, 0.15) is 27.6 Å². The van der Waals surface area contributed by atoms with Crippen molar-refractivity contribution in [1.29, 1.82) is 0 Å². The van der Waals surface area contributed by atoms with E-state index in [0.29, 0.717) is 24.2 Å². The Balaban J connectivity index is 1.78. The van der Waals surface area contributed by atoms with E-state index >= 15 is 0 Å². The Morgan fingerprint density at radius 2 is 1.59 bits per heavy atom. The molecule has 0 atom stereocenters. The lowest BCUT2D eigenvalue weighted by Gasteiger charge is -2.26. The molecule has 2 N–H and O–H groups in total. The van der Waals surface area contributed by atoms with E-state index in [1.165, 1.54) is 0 Å². The van der Waals surface area contributed by atoms with Crippen LogP contribution in [-0.2, 0) is 4.74 Å². The summed E-state index contributed by atoms with van der Waals surface area (Å²) in [5.74, 6) is -0.238. The van der Waals surface area contributed by atoms with Gasteiger partial charge in [0, 0.05) is 43.9 Å². The SMILES string of the molecule is CCNC(=O)c1ccc(C(=O)NCCN2CCOCC2)cc1. The molecule has 2 rings (SSSR count). The number of benzene rings is 1. The Kier molecular flexibility index (Phi) is 6.36. The lowest BCUT2D eigenvalue weighted by Crippen LogP contribution is -2.41.